The highest BCUT2D eigenvalue weighted by Gasteiger charge is 2.23. The van der Waals surface area contributed by atoms with Crippen LogP contribution in [0.3, 0.4) is 0 Å². The predicted molar refractivity (Wildman–Crippen MR) is 77.8 cm³/mol. The van der Waals surface area contributed by atoms with E-state index in [0.29, 0.717) is 5.92 Å². The van der Waals surface area contributed by atoms with Gasteiger partial charge in [0, 0.05) is 5.56 Å². The second-order valence-corrected chi connectivity index (χ2v) is 5.48. The van der Waals surface area contributed by atoms with Crippen LogP contribution < -0.4 is 5.32 Å². The zero-order chi connectivity index (χ0) is 13.7. The van der Waals surface area contributed by atoms with Crippen molar-refractivity contribution in [1.29, 1.82) is 0 Å². The zero-order valence-electron chi connectivity index (χ0n) is 11.8. The fourth-order valence-corrected chi connectivity index (χ4v) is 3.04. The molecular weight excluding hydrogens is 238 g/mol. The number of hydrogen-bond donors (Lipinski definition) is 3. The minimum Gasteiger partial charge on any atom is -0.504 e. The summed E-state index contributed by atoms with van der Waals surface area (Å²) in [7, 11) is 0. The summed E-state index contributed by atoms with van der Waals surface area (Å²) in [4.78, 5) is 0. The number of aromatic hydroxyl groups is 2. The monoisotopic (exact) mass is 263 g/mol. The second kappa shape index (κ2) is 6.80. The van der Waals surface area contributed by atoms with Crippen LogP contribution in [0.5, 0.6) is 11.5 Å². The molecule has 19 heavy (non-hydrogen) atoms. The van der Waals surface area contributed by atoms with Gasteiger partial charge in [-0.3, -0.25) is 0 Å². The number of fused-ring (bicyclic) bond motifs is 1. The summed E-state index contributed by atoms with van der Waals surface area (Å²) in [5, 5.41) is 22.9. The molecule has 0 heterocycles. The van der Waals surface area contributed by atoms with Crippen molar-refractivity contribution in [1.82, 2.24) is 5.32 Å². The molecule has 0 saturated heterocycles. The lowest BCUT2D eigenvalue weighted by atomic mass is 9.80. The van der Waals surface area contributed by atoms with Crippen LogP contribution in [0.25, 0.3) is 0 Å². The smallest absolute Gasteiger partial charge is 0.160 e. The van der Waals surface area contributed by atoms with E-state index in [1.807, 2.05) is 6.07 Å². The highest BCUT2D eigenvalue weighted by atomic mass is 16.3. The van der Waals surface area contributed by atoms with Crippen LogP contribution in [0, 0.1) is 0 Å². The first kappa shape index (κ1) is 14.2. The quantitative estimate of drug-likeness (QED) is 0.545. The van der Waals surface area contributed by atoms with Gasteiger partial charge in [0.05, 0.1) is 0 Å². The summed E-state index contributed by atoms with van der Waals surface area (Å²) < 4.78 is 0. The molecule has 1 aliphatic carbocycles. The van der Waals surface area contributed by atoms with Crippen LogP contribution in [-0.4, -0.2) is 23.3 Å². The molecule has 2 rings (SSSR count). The van der Waals surface area contributed by atoms with Crippen LogP contribution in [0.4, 0.5) is 0 Å². The number of benzene rings is 1. The van der Waals surface area contributed by atoms with E-state index >= 15 is 0 Å². The van der Waals surface area contributed by atoms with Gasteiger partial charge in [-0.05, 0) is 69.2 Å². The number of nitrogens with one attached hydrogen (secondary N) is 1. The van der Waals surface area contributed by atoms with Crippen LogP contribution in [0.15, 0.2) is 12.1 Å². The summed E-state index contributed by atoms with van der Waals surface area (Å²) in [6, 6.07) is 3.62. The molecule has 0 fully saturated rings. The van der Waals surface area contributed by atoms with Gasteiger partial charge in [0.15, 0.2) is 11.5 Å². The van der Waals surface area contributed by atoms with Crippen LogP contribution >= 0.6 is 0 Å². The van der Waals surface area contributed by atoms with Crippen molar-refractivity contribution in [2.75, 3.05) is 13.1 Å². The molecule has 0 aromatic heterocycles. The molecule has 1 atom stereocenters. The lowest BCUT2D eigenvalue weighted by Gasteiger charge is -2.26. The molecule has 3 nitrogen and oxygen atoms in total. The molecule has 3 N–H and O–H groups in total. The van der Waals surface area contributed by atoms with Crippen LogP contribution in [-0.2, 0) is 6.42 Å². The summed E-state index contributed by atoms with van der Waals surface area (Å²) in [5.74, 6) is 0.661. The maximum absolute atomic E-state index is 9.94. The third-order valence-electron chi connectivity index (χ3n) is 4.05. The first-order valence-electron chi connectivity index (χ1n) is 7.48. The van der Waals surface area contributed by atoms with Gasteiger partial charge in [0.1, 0.15) is 0 Å². The maximum Gasteiger partial charge on any atom is 0.160 e. The summed E-state index contributed by atoms with van der Waals surface area (Å²) in [6.45, 7) is 4.35. The average molecular weight is 263 g/mol. The van der Waals surface area contributed by atoms with Crippen LogP contribution in [0.2, 0.25) is 0 Å². The first-order valence-corrected chi connectivity index (χ1v) is 7.48. The fraction of sp³-hybridized carbons (Fsp3) is 0.625. The minimum absolute atomic E-state index is 0.0176. The van der Waals surface area contributed by atoms with Gasteiger partial charge in [0.2, 0.25) is 0 Å². The highest BCUT2D eigenvalue weighted by molar-refractivity contribution is 5.51. The van der Waals surface area contributed by atoms with E-state index in [0.717, 1.165) is 37.9 Å². The Bertz CT molecular complexity index is 417. The molecule has 1 aliphatic rings. The Labute approximate surface area is 115 Å². The van der Waals surface area contributed by atoms with E-state index in [-0.39, 0.29) is 11.5 Å². The van der Waals surface area contributed by atoms with Gasteiger partial charge < -0.3 is 15.5 Å². The van der Waals surface area contributed by atoms with Gasteiger partial charge in [-0.15, -0.1) is 0 Å². The molecule has 0 aliphatic heterocycles. The van der Waals surface area contributed by atoms with Crippen molar-refractivity contribution in [3.63, 3.8) is 0 Å². The van der Waals surface area contributed by atoms with Crippen molar-refractivity contribution in [2.24, 2.45) is 0 Å². The summed E-state index contributed by atoms with van der Waals surface area (Å²) in [6.07, 6.45) is 6.71. The Balaban J connectivity index is 1.96. The average Bonchev–Trinajstić information content (AvgIpc) is 2.43. The van der Waals surface area contributed by atoms with Gasteiger partial charge in [-0.1, -0.05) is 13.0 Å². The molecule has 0 radical (unpaired) electrons. The standard InChI is InChI=1S/C16H25NO2/c1-2-10-17-11-4-6-12-5-3-7-14-13(12)8-9-15(18)16(14)19/h8-9,12,17-19H,2-7,10-11H2,1H3. The van der Waals surface area contributed by atoms with Crippen molar-refractivity contribution >= 4 is 0 Å². The van der Waals surface area contributed by atoms with E-state index in [9.17, 15) is 10.2 Å². The molecule has 0 amide bonds. The van der Waals surface area contributed by atoms with Gasteiger partial charge in [-0.2, -0.15) is 0 Å². The minimum atomic E-state index is 0.0176. The SMILES string of the molecule is CCCNCCCC1CCCc2c1ccc(O)c2O. The van der Waals surface area contributed by atoms with Crippen molar-refractivity contribution < 1.29 is 10.2 Å². The Kier molecular flexibility index (Phi) is 5.08. The van der Waals surface area contributed by atoms with E-state index in [1.165, 1.54) is 24.8 Å². The van der Waals surface area contributed by atoms with Crippen molar-refractivity contribution in [2.45, 2.75) is 51.4 Å². The first-order chi connectivity index (χ1) is 9.24. The van der Waals surface area contributed by atoms with Crippen molar-refractivity contribution in [3.05, 3.63) is 23.3 Å². The second-order valence-electron chi connectivity index (χ2n) is 5.48. The molecule has 0 spiro atoms. The third kappa shape index (κ3) is 3.41. The summed E-state index contributed by atoms with van der Waals surface area (Å²) in [5.41, 5.74) is 2.22. The molecule has 1 unspecified atom stereocenters. The normalized spacial score (nSPS) is 18.3. The summed E-state index contributed by atoms with van der Waals surface area (Å²) >= 11 is 0. The largest absolute Gasteiger partial charge is 0.504 e. The molecule has 3 heteroatoms. The number of phenols is 2. The van der Waals surface area contributed by atoms with E-state index in [1.54, 1.807) is 6.07 Å². The Hall–Kier alpha value is -1.22. The van der Waals surface area contributed by atoms with E-state index < -0.39 is 0 Å². The Morgan fingerprint density at radius 2 is 2.11 bits per heavy atom. The Morgan fingerprint density at radius 1 is 1.26 bits per heavy atom. The predicted octanol–water partition coefficient (Wildman–Crippen LogP) is 3.30. The van der Waals surface area contributed by atoms with E-state index in [4.69, 9.17) is 0 Å². The molecular formula is C16H25NO2. The Morgan fingerprint density at radius 3 is 2.89 bits per heavy atom. The number of hydrogen-bond acceptors (Lipinski definition) is 3. The molecule has 1 aromatic carbocycles. The fourth-order valence-electron chi connectivity index (χ4n) is 3.04. The lowest BCUT2D eigenvalue weighted by Crippen LogP contribution is -2.17. The molecule has 0 saturated carbocycles. The van der Waals surface area contributed by atoms with Gasteiger partial charge in [0.25, 0.3) is 0 Å². The van der Waals surface area contributed by atoms with E-state index in [2.05, 4.69) is 12.2 Å². The number of rotatable bonds is 6. The topological polar surface area (TPSA) is 52.5 Å². The molecule has 0 bridgehead atoms. The molecule has 1 aromatic rings. The highest BCUT2D eigenvalue weighted by Crippen LogP contribution is 2.42. The molecule has 106 valence electrons. The zero-order valence-corrected chi connectivity index (χ0v) is 11.8. The maximum atomic E-state index is 9.94. The van der Waals surface area contributed by atoms with Crippen molar-refractivity contribution in [3.8, 4) is 11.5 Å². The third-order valence-corrected chi connectivity index (χ3v) is 4.05. The number of phenolic OH excluding ortho intramolecular Hbond substituents is 2. The van der Waals surface area contributed by atoms with Gasteiger partial charge in [-0.25, -0.2) is 0 Å². The van der Waals surface area contributed by atoms with Crippen LogP contribution in [0.1, 0.15) is 56.1 Å². The van der Waals surface area contributed by atoms with Gasteiger partial charge >= 0.3 is 0 Å². The lowest BCUT2D eigenvalue weighted by molar-refractivity contribution is 0.391.